The third-order valence-electron chi connectivity index (χ3n) is 5.11. The second kappa shape index (κ2) is 9.41. The number of alkyl halides is 3. The van der Waals surface area contributed by atoms with E-state index >= 15 is 0 Å². The number of guanidine groups is 1. The Labute approximate surface area is 159 Å². The van der Waals surface area contributed by atoms with Gasteiger partial charge in [-0.25, -0.2) is 0 Å². The molecule has 152 valence electrons. The van der Waals surface area contributed by atoms with Crippen LogP contribution in [0.5, 0.6) is 0 Å². The molecule has 1 heterocycles. The van der Waals surface area contributed by atoms with E-state index in [1.54, 1.807) is 7.05 Å². The van der Waals surface area contributed by atoms with Gasteiger partial charge in [-0.1, -0.05) is 30.3 Å². The topological polar surface area (TPSA) is 34.1 Å². The highest BCUT2D eigenvalue weighted by atomic mass is 19.4. The van der Waals surface area contributed by atoms with Gasteiger partial charge >= 0.3 is 6.18 Å². The molecule has 1 fully saturated rings. The van der Waals surface area contributed by atoms with E-state index in [-0.39, 0.29) is 6.04 Å². The summed E-state index contributed by atoms with van der Waals surface area (Å²) in [6.07, 6.45) is -4.18. The lowest BCUT2D eigenvalue weighted by Gasteiger charge is -2.40. The van der Waals surface area contributed by atoms with Gasteiger partial charge in [0.25, 0.3) is 0 Å². The molecule has 1 saturated heterocycles. The standard InChI is InChI=1S/C19H30F3N5/c1-15(19(20,21)22)26-10-12-27(13-11-26)18(23-2)24-14-17(25(3)4)16-8-6-5-7-9-16/h5-9,15,17H,10-14H2,1-4H3,(H,23,24). The number of hydrogen-bond donors (Lipinski definition) is 1. The van der Waals surface area contributed by atoms with Gasteiger partial charge in [0.2, 0.25) is 0 Å². The van der Waals surface area contributed by atoms with Crippen LogP contribution in [0.15, 0.2) is 35.3 Å². The molecule has 0 aromatic heterocycles. The largest absolute Gasteiger partial charge is 0.403 e. The van der Waals surface area contributed by atoms with Gasteiger partial charge < -0.3 is 15.1 Å². The van der Waals surface area contributed by atoms with Crippen molar-refractivity contribution in [2.75, 3.05) is 53.9 Å². The number of likely N-dealkylation sites (N-methyl/N-ethyl adjacent to an activating group) is 1. The summed E-state index contributed by atoms with van der Waals surface area (Å²) in [7, 11) is 5.76. The van der Waals surface area contributed by atoms with Crippen LogP contribution in [0.4, 0.5) is 13.2 Å². The number of rotatable bonds is 5. The lowest BCUT2D eigenvalue weighted by atomic mass is 10.1. The first-order valence-corrected chi connectivity index (χ1v) is 9.21. The van der Waals surface area contributed by atoms with Gasteiger partial charge in [0, 0.05) is 39.8 Å². The zero-order valence-corrected chi connectivity index (χ0v) is 16.5. The number of benzene rings is 1. The molecule has 1 aliphatic rings. The smallest absolute Gasteiger partial charge is 0.354 e. The number of halogens is 3. The maximum absolute atomic E-state index is 12.9. The Bertz CT molecular complexity index is 595. The third kappa shape index (κ3) is 5.84. The Morgan fingerprint density at radius 3 is 2.22 bits per heavy atom. The number of aliphatic imine (C=N–C) groups is 1. The molecule has 2 unspecified atom stereocenters. The van der Waals surface area contributed by atoms with E-state index in [1.807, 2.05) is 37.2 Å². The van der Waals surface area contributed by atoms with Crippen molar-refractivity contribution in [1.29, 1.82) is 0 Å². The van der Waals surface area contributed by atoms with Crippen LogP contribution in [-0.2, 0) is 0 Å². The Kier molecular flexibility index (Phi) is 7.49. The lowest BCUT2D eigenvalue weighted by Crippen LogP contribution is -2.57. The SMILES string of the molecule is CN=C(NCC(c1ccccc1)N(C)C)N1CCN(C(C)C(F)(F)F)CC1. The summed E-state index contributed by atoms with van der Waals surface area (Å²) in [6, 6.07) is 8.96. The first kappa shape index (κ1) is 21.5. The summed E-state index contributed by atoms with van der Waals surface area (Å²) in [5.74, 6) is 0.733. The average molecular weight is 385 g/mol. The highest BCUT2D eigenvalue weighted by Crippen LogP contribution is 2.25. The van der Waals surface area contributed by atoms with E-state index in [1.165, 1.54) is 17.4 Å². The minimum atomic E-state index is -4.18. The molecular formula is C19H30F3N5. The molecule has 2 rings (SSSR count). The highest BCUT2D eigenvalue weighted by molar-refractivity contribution is 5.80. The molecule has 1 N–H and O–H groups in total. The van der Waals surface area contributed by atoms with Crippen LogP contribution >= 0.6 is 0 Å². The van der Waals surface area contributed by atoms with Gasteiger partial charge in [-0.15, -0.1) is 0 Å². The van der Waals surface area contributed by atoms with Crippen molar-refractivity contribution in [3.8, 4) is 0 Å². The minimum absolute atomic E-state index is 0.175. The second-order valence-corrected chi connectivity index (χ2v) is 7.06. The van der Waals surface area contributed by atoms with Crippen LogP contribution in [0.2, 0.25) is 0 Å². The van der Waals surface area contributed by atoms with Gasteiger partial charge in [-0.3, -0.25) is 9.89 Å². The van der Waals surface area contributed by atoms with Gasteiger partial charge in [-0.05, 0) is 26.6 Å². The fraction of sp³-hybridized carbons (Fsp3) is 0.632. The van der Waals surface area contributed by atoms with Gasteiger partial charge in [0.05, 0.1) is 6.04 Å². The van der Waals surface area contributed by atoms with Crippen molar-refractivity contribution < 1.29 is 13.2 Å². The molecule has 0 bridgehead atoms. The molecule has 1 aromatic carbocycles. The Morgan fingerprint density at radius 2 is 1.74 bits per heavy atom. The molecule has 0 amide bonds. The Balaban J connectivity index is 1.92. The van der Waals surface area contributed by atoms with Crippen LogP contribution in [0.1, 0.15) is 18.5 Å². The van der Waals surface area contributed by atoms with Gasteiger partial charge in [-0.2, -0.15) is 13.2 Å². The van der Waals surface area contributed by atoms with E-state index in [2.05, 4.69) is 27.3 Å². The maximum atomic E-state index is 12.9. The van der Waals surface area contributed by atoms with Gasteiger partial charge in [0.1, 0.15) is 6.04 Å². The minimum Gasteiger partial charge on any atom is -0.354 e. The quantitative estimate of drug-likeness (QED) is 0.624. The van der Waals surface area contributed by atoms with Crippen molar-refractivity contribution in [2.45, 2.75) is 25.2 Å². The van der Waals surface area contributed by atoms with Crippen molar-refractivity contribution in [1.82, 2.24) is 20.0 Å². The summed E-state index contributed by atoms with van der Waals surface area (Å²) >= 11 is 0. The third-order valence-corrected chi connectivity index (χ3v) is 5.11. The summed E-state index contributed by atoms with van der Waals surface area (Å²) in [4.78, 5) is 9.97. The average Bonchev–Trinajstić information content (AvgIpc) is 2.64. The monoisotopic (exact) mass is 385 g/mol. The molecule has 2 atom stereocenters. The van der Waals surface area contributed by atoms with E-state index in [4.69, 9.17) is 0 Å². The number of nitrogens with zero attached hydrogens (tertiary/aromatic N) is 4. The molecule has 8 heteroatoms. The van der Waals surface area contributed by atoms with Crippen LogP contribution < -0.4 is 5.32 Å². The van der Waals surface area contributed by atoms with Crippen LogP contribution in [0, 0.1) is 0 Å². The van der Waals surface area contributed by atoms with Crippen molar-refractivity contribution in [2.24, 2.45) is 4.99 Å². The number of hydrogen-bond acceptors (Lipinski definition) is 3. The molecule has 0 radical (unpaired) electrons. The molecule has 0 spiro atoms. The summed E-state index contributed by atoms with van der Waals surface area (Å²) in [5.41, 5.74) is 1.20. The molecule has 0 saturated carbocycles. The summed E-state index contributed by atoms with van der Waals surface area (Å²) in [6.45, 7) is 3.69. The highest BCUT2D eigenvalue weighted by Gasteiger charge is 2.41. The molecule has 1 aliphatic heterocycles. The van der Waals surface area contributed by atoms with Crippen LogP contribution in [0.25, 0.3) is 0 Å². The first-order chi connectivity index (χ1) is 12.7. The Hall–Kier alpha value is -1.80. The van der Waals surface area contributed by atoms with E-state index < -0.39 is 12.2 Å². The molecule has 27 heavy (non-hydrogen) atoms. The first-order valence-electron chi connectivity index (χ1n) is 9.21. The van der Waals surface area contributed by atoms with Gasteiger partial charge in [0.15, 0.2) is 5.96 Å². The van der Waals surface area contributed by atoms with Crippen LogP contribution in [-0.4, -0.2) is 86.7 Å². The number of piperazine rings is 1. The lowest BCUT2D eigenvalue weighted by molar-refractivity contribution is -0.181. The van der Waals surface area contributed by atoms with Crippen molar-refractivity contribution in [3.63, 3.8) is 0 Å². The molecular weight excluding hydrogens is 355 g/mol. The number of nitrogens with one attached hydrogen (secondary N) is 1. The zero-order valence-electron chi connectivity index (χ0n) is 16.5. The summed E-state index contributed by atoms with van der Waals surface area (Å²) < 4.78 is 38.7. The van der Waals surface area contributed by atoms with Crippen molar-refractivity contribution in [3.05, 3.63) is 35.9 Å². The maximum Gasteiger partial charge on any atom is 0.403 e. The predicted octanol–water partition coefficient (Wildman–Crippen LogP) is 2.43. The molecule has 5 nitrogen and oxygen atoms in total. The predicted molar refractivity (Wildman–Crippen MR) is 103 cm³/mol. The fourth-order valence-electron chi connectivity index (χ4n) is 3.32. The fourth-order valence-corrected chi connectivity index (χ4v) is 3.32. The summed E-state index contributed by atoms with van der Waals surface area (Å²) in [5, 5.41) is 3.39. The second-order valence-electron chi connectivity index (χ2n) is 7.06. The van der Waals surface area contributed by atoms with E-state index in [0.717, 1.165) is 5.96 Å². The zero-order chi connectivity index (χ0) is 20.0. The molecule has 1 aromatic rings. The van der Waals surface area contributed by atoms with E-state index in [9.17, 15) is 13.2 Å². The normalized spacial score (nSPS) is 19.3. The molecule has 0 aliphatic carbocycles. The van der Waals surface area contributed by atoms with E-state index in [0.29, 0.717) is 32.7 Å². The van der Waals surface area contributed by atoms with Crippen molar-refractivity contribution >= 4 is 5.96 Å². The van der Waals surface area contributed by atoms with Crippen LogP contribution in [0.3, 0.4) is 0 Å². The Morgan fingerprint density at radius 1 is 1.15 bits per heavy atom.